The lowest BCUT2D eigenvalue weighted by Crippen LogP contribution is -2.13. The Morgan fingerprint density at radius 3 is 2.57 bits per heavy atom. The van der Waals surface area contributed by atoms with Gasteiger partial charge in [-0.25, -0.2) is 4.39 Å². The molecule has 0 atom stereocenters. The Balaban J connectivity index is 2.02. The van der Waals surface area contributed by atoms with Crippen LogP contribution in [0.25, 0.3) is 0 Å². The summed E-state index contributed by atoms with van der Waals surface area (Å²) in [5.74, 6) is 0.975. The van der Waals surface area contributed by atoms with Crippen molar-refractivity contribution in [2.45, 2.75) is 20.0 Å². The summed E-state index contributed by atoms with van der Waals surface area (Å²) in [6, 6.07) is 8.62. The van der Waals surface area contributed by atoms with Crippen LogP contribution in [-0.4, -0.2) is 13.7 Å². The number of benzene rings is 2. The van der Waals surface area contributed by atoms with Gasteiger partial charge in [0.15, 0.2) is 11.5 Å². The Kier molecular flexibility index (Phi) is 6.69. The van der Waals surface area contributed by atoms with Crippen LogP contribution in [0.2, 0.25) is 5.02 Å². The van der Waals surface area contributed by atoms with Gasteiger partial charge in [0.1, 0.15) is 5.82 Å². The Morgan fingerprint density at radius 2 is 1.91 bits per heavy atom. The van der Waals surface area contributed by atoms with Crippen LogP contribution in [0.15, 0.2) is 34.8 Å². The fourth-order valence-corrected chi connectivity index (χ4v) is 2.97. The third kappa shape index (κ3) is 4.83. The third-order valence-electron chi connectivity index (χ3n) is 3.22. The highest BCUT2D eigenvalue weighted by atomic mass is 79.9. The lowest BCUT2D eigenvalue weighted by molar-refractivity contribution is 0.308. The lowest BCUT2D eigenvalue weighted by atomic mass is 10.2. The summed E-state index contributed by atoms with van der Waals surface area (Å²) >= 11 is 9.28. The number of ether oxygens (including phenoxy) is 2. The molecule has 2 aromatic rings. The van der Waals surface area contributed by atoms with E-state index in [1.807, 2.05) is 19.1 Å². The highest BCUT2D eigenvalue weighted by Gasteiger charge is 2.11. The molecule has 3 nitrogen and oxygen atoms in total. The van der Waals surface area contributed by atoms with Crippen molar-refractivity contribution in [1.82, 2.24) is 5.32 Å². The molecule has 0 radical (unpaired) electrons. The van der Waals surface area contributed by atoms with Gasteiger partial charge in [-0.2, -0.15) is 0 Å². The van der Waals surface area contributed by atoms with Crippen LogP contribution in [0.3, 0.4) is 0 Å². The SMILES string of the molecule is CCOc1c(Br)cc(CNCc2ccc(F)c(Cl)c2)cc1OC. The molecule has 1 N–H and O–H groups in total. The van der Waals surface area contributed by atoms with Crippen LogP contribution >= 0.6 is 27.5 Å². The molecule has 0 aliphatic rings. The molecular formula is C17H18BrClFNO2. The van der Waals surface area contributed by atoms with Gasteiger partial charge in [-0.1, -0.05) is 17.7 Å². The topological polar surface area (TPSA) is 30.5 Å². The highest BCUT2D eigenvalue weighted by molar-refractivity contribution is 9.10. The number of hydrogen-bond acceptors (Lipinski definition) is 3. The standard InChI is InChI=1S/C17H18BrClFNO2/c1-3-23-17-13(18)6-12(8-16(17)22-2)10-21-9-11-4-5-15(20)14(19)7-11/h4-8,21H,3,9-10H2,1-2H3. The van der Waals surface area contributed by atoms with Gasteiger partial charge in [0.25, 0.3) is 0 Å². The van der Waals surface area contributed by atoms with Crippen molar-refractivity contribution in [3.63, 3.8) is 0 Å². The predicted octanol–water partition coefficient (Wildman–Crippen LogP) is 4.94. The summed E-state index contributed by atoms with van der Waals surface area (Å²) < 4.78 is 24.9. The van der Waals surface area contributed by atoms with Gasteiger partial charge in [0.05, 0.1) is 23.2 Å². The fourth-order valence-electron chi connectivity index (χ4n) is 2.16. The first-order valence-corrected chi connectivity index (χ1v) is 8.36. The minimum Gasteiger partial charge on any atom is -0.493 e. The second kappa shape index (κ2) is 8.52. The molecule has 2 rings (SSSR count). The molecular weight excluding hydrogens is 385 g/mol. The van der Waals surface area contributed by atoms with E-state index >= 15 is 0 Å². The molecule has 0 aromatic heterocycles. The van der Waals surface area contributed by atoms with E-state index in [1.54, 1.807) is 19.2 Å². The molecule has 0 saturated heterocycles. The van der Waals surface area contributed by atoms with E-state index in [-0.39, 0.29) is 5.02 Å². The minimum atomic E-state index is -0.407. The first-order valence-electron chi connectivity index (χ1n) is 7.19. The summed E-state index contributed by atoms with van der Waals surface area (Å²) in [6.45, 7) is 3.72. The molecule has 0 fully saturated rings. The van der Waals surface area contributed by atoms with Crippen LogP contribution in [0.5, 0.6) is 11.5 Å². The van der Waals surface area contributed by atoms with Crippen LogP contribution in [0.4, 0.5) is 4.39 Å². The minimum absolute atomic E-state index is 0.134. The van der Waals surface area contributed by atoms with Crippen molar-refractivity contribution in [2.75, 3.05) is 13.7 Å². The molecule has 0 amide bonds. The van der Waals surface area contributed by atoms with Gasteiger partial charge >= 0.3 is 0 Å². The fraction of sp³-hybridized carbons (Fsp3) is 0.294. The smallest absolute Gasteiger partial charge is 0.175 e. The van der Waals surface area contributed by atoms with E-state index in [0.29, 0.717) is 31.2 Å². The zero-order chi connectivity index (χ0) is 16.8. The Bertz CT molecular complexity index is 682. The quantitative estimate of drug-likeness (QED) is 0.711. The van der Waals surface area contributed by atoms with E-state index in [9.17, 15) is 4.39 Å². The van der Waals surface area contributed by atoms with Crippen molar-refractivity contribution < 1.29 is 13.9 Å². The number of nitrogens with one attached hydrogen (secondary N) is 1. The lowest BCUT2D eigenvalue weighted by Gasteiger charge is -2.14. The van der Waals surface area contributed by atoms with E-state index in [1.165, 1.54) is 6.07 Å². The Labute approximate surface area is 148 Å². The third-order valence-corrected chi connectivity index (χ3v) is 4.10. The number of rotatable bonds is 7. The number of halogens is 3. The van der Waals surface area contributed by atoms with Crippen molar-refractivity contribution in [3.05, 3.63) is 56.8 Å². The molecule has 0 bridgehead atoms. The molecule has 23 heavy (non-hydrogen) atoms. The molecule has 0 unspecified atom stereocenters. The molecule has 6 heteroatoms. The van der Waals surface area contributed by atoms with Crippen molar-refractivity contribution in [2.24, 2.45) is 0 Å². The molecule has 0 aliphatic carbocycles. The van der Waals surface area contributed by atoms with Crippen LogP contribution in [0.1, 0.15) is 18.1 Å². The van der Waals surface area contributed by atoms with Crippen molar-refractivity contribution in [3.8, 4) is 11.5 Å². The van der Waals surface area contributed by atoms with Gasteiger partial charge in [-0.05, 0) is 58.2 Å². The monoisotopic (exact) mass is 401 g/mol. The summed E-state index contributed by atoms with van der Waals surface area (Å²) in [4.78, 5) is 0. The zero-order valence-corrected chi connectivity index (χ0v) is 15.3. The van der Waals surface area contributed by atoms with Crippen LogP contribution in [-0.2, 0) is 13.1 Å². The Morgan fingerprint density at radius 1 is 1.17 bits per heavy atom. The first kappa shape index (κ1) is 18.0. The van der Waals surface area contributed by atoms with Gasteiger partial charge in [-0.15, -0.1) is 0 Å². The molecule has 124 valence electrons. The average molecular weight is 403 g/mol. The number of hydrogen-bond donors (Lipinski definition) is 1. The van der Waals surface area contributed by atoms with Gasteiger partial charge < -0.3 is 14.8 Å². The molecule has 0 heterocycles. The second-order valence-electron chi connectivity index (χ2n) is 4.89. The van der Waals surface area contributed by atoms with Crippen molar-refractivity contribution in [1.29, 1.82) is 0 Å². The largest absolute Gasteiger partial charge is 0.493 e. The summed E-state index contributed by atoms with van der Waals surface area (Å²) in [7, 11) is 1.61. The summed E-state index contributed by atoms with van der Waals surface area (Å²) in [5.41, 5.74) is 1.97. The molecule has 2 aromatic carbocycles. The second-order valence-corrected chi connectivity index (χ2v) is 6.16. The van der Waals surface area contributed by atoms with Crippen molar-refractivity contribution >= 4 is 27.5 Å². The Hall–Kier alpha value is -1.30. The summed E-state index contributed by atoms with van der Waals surface area (Å²) in [6.07, 6.45) is 0. The average Bonchev–Trinajstić information content (AvgIpc) is 2.53. The normalized spacial score (nSPS) is 10.7. The van der Waals surface area contributed by atoms with Gasteiger partial charge in [0.2, 0.25) is 0 Å². The molecule has 0 saturated carbocycles. The van der Waals surface area contributed by atoms with Gasteiger partial charge in [-0.3, -0.25) is 0 Å². The zero-order valence-electron chi connectivity index (χ0n) is 13.0. The van der Waals surface area contributed by atoms with E-state index < -0.39 is 5.82 Å². The molecule has 0 aliphatic heterocycles. The van der Waals surface area contributed by atoms with E-state index in [0.717, 1.165) is 15.6 Å². The highest BCUT2D eigenvalue weighted by Crippen LogP contribution is 2.36. The number of methoxy groups -OCH3 is 1. The van der Waals surface area contributed by atoms with E-state index in [2.05, 4.69) is 21.2 Å². The summed E-state index contributed by atoms with van der Waals surface area (Å²) in [5, 5.41) is 3.43. The first-order chi connectivity index (χ1) is 11.0. The van der Waals surface area contributed by atoms with Crippen LogP contribution < -0.4 is 14.8 Å². The van der Waals surface area contributed by atoms with Gasteiger partial charge in [0, 0.05) is 13.1 Å². The maximum Gasteiger partial charge on any atom is 0.175 e. The van der Waals surface area contributed by atoms with Crippen LogP contribution in [0, 0.1) is 5.82 Å². The predicted molar refractivity (Wildman–Crippen MR) is 93.8 cm³/mol. The maximum atomic E-state index is 13.1. The van der Waals surface area contributed by atoms with E-state index in [4.69, 9.17) is 21.1 Å². The maximum absolute atomic E-state index is 13.1. The molecule has 0 spiro atoms.